The van der Waals surface area contributed by atoms with E-state index in [9.17, 15) is 10.2 Å². The molecule has 0 atom stereocenters. The van der Waals surface area contributed by atoms with Gasteiger partial charge in [0.25, 0.3) is 0 Å². The van der Waals surface area contributed by atoms with Crippen LogP contribution < -0.4 is 4.74 Å². The van der Waals surface area contributed by atoms with Crippen LogP contribution >= 0.6 is 11.6 Å². The van der Waals surface area contributed by atoms with E-state index in [2.05, 4.69) is 9.98 Å². The topological polar surface area (TPSA) is 88.1 Å². The van der Waals surface area contributed by atoms with E-state index in [0.29, 0.717) is 38.8 Å². The van der Waals surface area contributed by atoms with E-state index in [1.807, 2.05) is 18.2 Å². The number of fused-ring (bicyclic) bond motifs is 1. The number of aliphatic imine (C=N–C) groups is 1. The van der Waals surface area contributed by atoms with Crippen LogP contribution in [-0.2, 0) is 0 Å². The number of hydrogen-bond acceptors (Lipinski definition) is 6. The lowest BCUT2D eigenvalue weighted by Crippen LogP contribution is -1.89. The van der Waals surface area contributed by atoms with Gasteiger partial charge in [-0.25, -0.2) is 4.98 Å². The first-order valence-corrected chi connectivity index (χ1v) is 8.72. The number of aromatic hydroxyl groups is 2. The van der Waals surface area contributed by atoms with Crippen molar-refractivity contribution in [1.29, 1.82) is 0 Å². The molecule has 3 aromatic carbocycles. The molecule has 6 nitrogen and oxygen atoms in total. The molecular formula is C21H15ClN2O4. The van der Waals surface area contributed by atoms with Gasteiger partial charge in [0.05, 0.1) is 18.4 Å². The summed E-state index contributed by atoms with van der Waals surface area (Å²) in [7, 11) is 1.44. The number of para-hydroxylation sites is 2. The van der Waals surface area contributed by atoms with Gasteiger partial charge in [-0.15, -0.1) is 0 Å². The first-order chi connectivity index (χ1) is 13.5. The number of benzene rings is 3. The van der Waals surface area contributed by atoms with Crippen LogP contribution in [0.1, 0.15) is 5.56 Å². The van der Waals surface area contributed by atoms with Gasteiger partial charge in [0, 0.05) is 22.9 Å². The fourth-order valence-corrected chi connectivity index (χ4v) is 2.97. The quantitative estimate of drug-likeness (QED) is 0.457. The molecule has 4 rings (SSSR count). The Hall–Kier alpha value is -3.51. The number of oxazole rings is 1. The molecule has 1 aromatic heterocycles. The molecule has 28 heavy (non-hydrogen) atoms. The number of nitrogens with zero attached hydrogens (tertiary/aromatic N) is 2. The van der Waals surface area contributed by atoms with Crippen LogP contribution in [0.3, 0.4) is 0 Å². The average molecular weight is 395 g/mol. The fraction of sp³-hybridized carbons (Fsp3) is 0.0476. The Morgan fingerprint density at radius 2 is 1.93 bits per heavy atom. The lowest BCUT2D eigenvalue weighted by molar-refractivity contribution is 0.373. The Kier molecular flexibility index (Phi) is 4.63. The minimum absolute atomic E-state index is 0.0257. The van der Waals surface area contributed by atoms with Crippen molar-refractivity contribution in [3.8, 4) is 28.7 Å². The Bertz CT molecular complexity index is 1170. The maximum atomic E-state index is 10.2. The SMILES string of the molecule is COc1cc(Cl)cc(C=Nc2ccc(O)c(-c3nc4ccccc4o3)c2)c1O. The largest absolute Gasteiger partial charge is 0.507 e. The second-order valence-electron chi connectivity index (χ2n) is 5.99. The van der Waals surface area contributed by atoms with Crippen molar-refractivity contribution in [2.45, 2.75) is 0 Å². The number of ether oxygens (including phenoxy) is 1. The van der Waals surface area contributed by atoms with Gasteiger partial charge in [-0.1, -0.05) is 23.7 Å². The fourth-order valence-electron chi connectivity index (χ4n) is 2.76. The summed E-state index contributed by atoms with van der Waals surface area (Å²) in [6.45, 7) is 0. The van der Waals surface area contributed by atoms with E-state index in [4.69, 9.17) is 20.8 Å². The van der Waals surface area contributed by atoms with Crippen LogP contribution in [0, 0.1) is 0 Å². The number of phenolic OH excluding ortho intramolecular Hbond substituents is 2. The molecule has 2 N–H and O–H groups in total. The second-order valence-corrected chi connectivity index (χ2v) is 6.43. The first kappa shape index (κ1) is 17.9. The smallest absolute Gasteiger partial charge is 0.231 e. The number of phenols is 2. The van der Waals surface area contributed by atoms with Gasteiger partial charge in [0.1, 0.15) is 11.3 Å². The molecule has 0 fully saturated rings. The van der Waals surface area contributed by atoms with Gasteiger partial charge in [-0.2, -0.15) is 0 Å². The van der Waals surface area contributed by atoms with Crippen molar-refractivity contribution in [1.82, 2.24) is 4.98 Å². The molecule has 0 aliphatic heterocycles. The molecule has 7 heteroatoms. The van der Waals surface area contributed by atoms with Crippen molar-refractivity contribution in [2.24, 2.45) is 4.99 Å². The minimum Gasteiger partial charge on any atom is -0.507 e. The van der Waals surface area contributed by atoms with Gasteiger partial charge in [-0.05, 0) is 36.4 Å². The Balaban J connectivity index is 1.71. The van der Waals surface area contributed by atoms with Gasteiger partial charge in [0.15, 0.2) is 17.1 Å². The zero-order valence-corrected chi connectivity index (χ0v) is 15.5. The number of aromatic nitrogens is 1. The van der Waals surface area contributed by atoms with Gasteiger partial charge in [0.2, 0.25) is 5.89 Å². The van der Waals surface area contributed by atoms with Crippen LogP contribution in [0.4, 0.5) is 5.69 Å². The van der Waals surface area contributed by atoms with Crippen LogP contribution in [0.25, 0.3) is 22.6 Å². The molecule has 0 saturated heterocycles. The number of hydrogen-bond donors (Lipinski definition) is 2. The summed E-state index contributed by atoms with van der Waals surface area (Å²) < 4.78 is 10.8. The maximum absolute atomic E-state index is 10.2. The lowest BCUT2D eigenvalue weighted by atomic mass is 10.1. The molecule has 0 saturated carbocycles. The zero-order chi connectivity index (χ0) is 19.7. The van der Waals surface area contributed by atoms with E-state index in [1.165, 1.54) is 25.5 Å². The summed E-state index contributed by atoms with van der Waals surface area (Å²) in [6, 6.07) is 15.2. The van der Waals surface area contributed by atoms with Crippen LogP contribution in [0.2, 0.25) is 5.02 Å². The zero-order valence-electron chi connectivity index (χ0n) is 14.8. The minimum atomic E-state index is -0.0615. The molecule has 140 valence electrons. The molecule has 1 heterocycles. The monoisotopic (exact) mass is 394 g/mol. The van der Waals surface area contributed by atoms with Gasteiger partial charge >= 0.3 is 0 Å². The van der Waals surface area contributed by atoms with Crippen LogP contribution in [-0.4, -0.2) is 28.5 Å². The molecule has 0 spiro atoms. The Morgan fingerprint density at radius 3 is 2.71 bits per heavy atom. The third-order valence-corrected chi connectivity index (χ3v) is 4.36. The standard InChI is InChI=1S/C21H15ClN2O4/c1-27-19-9-13(22)8-12(20(19)26)11-23-14-6-7-17(25)15(10-14)21-24-16-4-2-3-5-18(16)28-21/h2-11,25-26H,1H3. The van der Waals surface area contributed by atoms with Crippen molar-refractivity contribution < 1.29 is 19.4 Å². The highest BCUT2D eigenvalue weighted by Gasteiger charge is 2.13. The Morgan fingerprint density at radius 1 is 1.11 bits per heavy atom. The molecule has 0 radical (unpaired) electrons. The van der Waals surface area contributed by atoms with Crippen LogP contribution in [0.5, 0.6) is 17.2 Å². The van der Waals surface area contributed by atoms with Crippen molar-refractivity contribution in [2.75, 3.05) is 7.11 Å². The van der Waals surface area contributed by atoms with Gasteiger partial charge in [-0.3, -0.25) is 4.99 Å². The van der Waals surface area contributed by atoms with E-state index >= 15 is 0 Å². The average Bonchev–Trinajstić information content (AvgIpc) is 3.13. The molecule has 4 aromatic rings. The van der Waals surface area contributed by atoms with E-state index in [0.717, 1.165) is 0 Å². The summed E-state index contributed by atoms with van der Waals surface area (Å²) in [5.41, 5.74) is 2.68. The molecule has 0 aliphatic rings. The normalized spacial score (nSPS) is 11.4. The van der Waals surface area contributed by atoms with Gasteiger partial charge < -0.3 is 19.4 Å². The lowest BCUT2D eigenvalue weighted by Gasteiger charge is -2.06. The molecule has 0 aliphatic carbocycles. The van der Waals surface area contributed by atoms with Crippen molar-refractivity contribution in [3.63, 3.8) is 0 Å². The highest BCUT2D eigenvalue weighted by molar-refractivity contribution is 6.31. The van der Waals surface area contributed by atoms with E-state index < -0.39 is 0 Å². The molecule has 0 amide bonds. The second kappa shape index (κ2) is 7.25. The predicted octanol–water partition coefficient (Wildman–Crippen LogP) is 5.32. The van der Waals surface area contributed by atoms with Crippen molar-refractivity contribution >= 4 is 34.6 Å². The van der Waals surface area contributed by atoms with E-state index in [1.54, 1.807) is 24.3 Å². The summed E-state index contributed by atoms with van der Waals surface area (Å²) in [5, 5.41) is 20.8. The Labute approximate surface area is 165 Å². The molecule has 0 bridgehead atoms. The van der Waals surface area contributed by atoms with Crippen LogP contribution in [0.15, 0.2) is 64.0 Å². The molecule has 0 unspecified atom stereocenters. The summed E-state index contributed by atoms with van der Waals surface area (Å²) in [5.74, 6) is 0.515. The third kappa shape index (κ3) is 3.37. The van der Waals surface area contributed by atoms with E-state index in [-0.39, 0.29) is 17.2 Å². The highest BCUT2D eigenvalue weighted by Crippen LogP contribution is 2.35. The molecular weight excluding hydrogens is 380 g/mol. The number of halogens is 1. The third-order valence-electron chi connectivity index (χ3n) is 4.15. The number of methoxy groups -OCH3 is 1. The van der Waals surface area contributed by atoms with Crippen molar-refractivity contribution in [3.05, 3.63) is 65.2 Å². The predicted molar refractivity (Wildman–Crippen MR) is 108 cm³/mol. The highest BCUT2D eigenvalue weighted by atomic mass is 35.5. The maximum Gasteiger partial charge on any atom is 0.231 e. The summed E-state index contributed by atoms with van der Waals surface area (Å²) >= 11 is 6.04. The first-order valence-electron chi connectivity index (χ1n) is 8.34. The summed E-state index contributed by atoms with van der Waals surface area (Å²) in [6.07, 6.45) is 1.46. The summed E-state index contributed by atoms with van der Waals surface area (Å²) in [4.78, 5) is 8.75. The number of rotatable bonds is 4.